The first kappa shape index (κ1) is 12.1. The molecule has 2 rings (SSSR count). The van der Waals surface area contributed by atoms with E-state index in [0.29, 0.717) is 18.7 Å². The van der Waals surface area contributed by atoms with Gasteiger partial charge in [0.1, 0.15) is 5.69 Å². The highest BCUT2D eigenvalue weighted by Crippen LogP contribution is 2.09. The molecule has 0 saturated carbocycles. The lowest BCUT2D eigenvalue weighted by atomic mass is 10.1. The van der Waals surface area contributed by atoms with E-state index in [1.807, 2.05) is 24.3 Å². The highest BCUT2D eigenvalue weighted by Gasteiger charge is 2.01. The van der Waals surface area contributed by atoms with Crippen molar-refractivity contribution in [1.29, 1.82) is 0 Å². The molecule has 0 bridgehead atoms. The van der Waals surface area contributed by atoms with Gasteiger partial charge in [-0.25, -0.2) is 4.68 Å². The molecule has 1 aromatic carbocycles. The van der Waals surface area contributed by atoms with Crippen LogP contribution < -0.4 is 0 Å². The summed E-state index contributed by atoms with van der Waals surface area (Å²) in [7, 11) is 0. The number of hydrogen-bond donors (Lipinski definition) is 1. The van der Waals surface area contributed by atoms with Gasteiger partial charge in [0.05, 0.1) is 18.5 Å². The van der Waals surface area contributed by atoms with E-state index in [1.54, 1.807) is 10.9 Å². The molecule has 92 valence electrons. The maximum absolute atomic E-state index is 8.91. The maximum atomic E-state index is 8.91. The molecule has 7 nitrogen and oxygen atoms in total. The number of azide groups is 1. The maximum Gasteiger partial charge on any atom is 0.109 e. The van der Waals surface area contributed by atoms with Crippen LogP contribution in [0.25, 0.3) is 16.1 Å². The van der Waals surface area contributed by atoms with Gasteiger partial charge in [-0.05, 0) is 29.6 Å². The van der Waals surface area contributed by atoms with Gasteiger partial charge in [-0.3, -0.25) is 0 Å². The molecule has 0 atom stereocenters. The van der Waals surface area contributed by atoms with E-state index in [9.17, 15) is 0 Å². The molecule has 7 heteroatoms. The van der Waals surface area contributed by atoms with E-state index < -0.39 is 0 Å². The van der Waals surface area contributed by atoms with Crippen LogP contribution in [-0.2, 0) is 13.0 Å². The fraction of sp³-hybridized carbons (Fsp3) is 0.273. The topological polar surface area (TPSA) is 99.7 Å². The summed E-state index contributed by atoms with van der Waals surface area (Å²) in [5.74, 6) is 0. The lowest BCUT2D eigenvalue weighted by Crippen LogP contribution is -1.96. The van der Waals surface area contributed by atoms with Crippen molar-refractivity contribution in [1.82, 2.24) is 15.0 Å². The van der Waals surface area contributed by atoms with Gasteiger partial charge in [0.15, 0.2) is 0 Å². The third kappa shape index (κ3) is 2.85. The summed E-state index contributed by atoms with van der Waals surface area (Å²) in [4.78, 5) is 2.71. The van der Waals surface area contributed by atoms with Gasteiger partial charge in [-0.2, -0.15) is 0 Å². The van der Waals surface area contributed by atoms with Gasteiger partial charge >= 0.3 is 0 Å². The van der Waals surface area contributed by atoms with Crippen molar-refractivity contribution in [2.45, 2.75) is 13.0 Å². The van der Waals surface area contributed by atoms with Crippen LogP contribution in [-0.4, -0.2) is 26.6 Å². The van der Waals surface area contributed by atoms with Crippen LogP contribution in [0.3, 0.4) is 0 Å². The lowest BCUT2D eigenvalue weighted by Gasteiger charge is -2.02. The van der Waals surface area contributed by atoms with Crippen LogP contribution in [0.2, 0.25) is 0 Å². The minimum atomic E-state index is -0.121. The summed E-state index contributed by atoms with van der Waals surface area (Å²) in [6.45, 7) is 0.331. The fourth-order valence-electron chi connectivity index (χ4n) is 1.54. The predicted molar refractivity (Wildman–Crippen MR) is 65.0 cm³/mol. The molecule has 0 unspecified atom stereocenters. The highest BCUT2D eigenvalue weighted by atomic mass is 16.3. The first-order valence-electron chi connectivity index (χ1n) is 5.46. The van der Waals surface area contributed by atoms with E-state index in [2.05, 4.69) is 20.3 Å². The second-order valence-electron chi connectivity index (χ2n) is 3.68. The zero-order chi connectivity index (χ0) is 12.8. The Morgan fingerprint density at radius 1 is 1.33 bits per heavy atom. The second kappa shape index (κ2) is 5.81. The average molecular weight is 244 g/mol. The van der Waals surface area contributed by atoms with Gasteiger partial charge in [0.25, 0.3) is 0 Å². The van der Waals surface area contributed by atoms with Gasteiger partial charge in [0.2, 0.25) is 0 Å². The van der Waals surface area contributed by atoms with Crippen molar-refractivity contribution in [3.05, 3.63) is 52.2 Å². The number of benzene rings is 1. The molecule has 1 heterocycles. The standard InChI is InChI=1S/C11H12N6O/c12-15-13-6-5-9-1-3-11(4-2-9)17-7-10(8-18)14-16-17/h1-4,7,18H,5-6,8H2. The third-order valence-electron chi connectivity index (χ3n) is 2.47. The SMILES string of the molecule is [N-]=[N+]=NCCc1ccc(-n2cc(CO)nn2)cc1. The van der Waals surface area contributed by atoms with E-state index in [4.69, 9.17) is 10.6 Å². The Hall–Kier alpha value is -2.37. The number of nitrogens with zero attached hydrogens (tertiary/aromatic N) is 6. The Morgan fingerprint density at radius 3 is 2.72 bits per heavy atom. The van der Waals surface area contributed by atoms with Gasteiger partial charge < -0.3 is 5.11 Å². The third-order valence-corrected chi connectivity index (χ3v) is 2.47. The Morgan fingerprint density at radius 2 is 2.11 bits per heavy atom. The molecular weight excluding hydrogens is 232 g/mol. The van der Waals surface area contributed by atoms with Gasteiger partial charge in [0, 0.05) is 11.5 Å². The molecule has 0 amide bonds. The quantitative estimate of drug-likeness (QED) is 0.491. The van der Waals surface area contributed by atoms with E-state index >= 15 is 0 Å². The zero-order valence-corrected chi connectivity index (χ0v) is 9.64. The second-order valence-corrected chi connectivity index (χ2v) is 3.68. The number of hydrogen-bond acceptors (Lipinski definition) is 4. The van der Waals surface area contributed by atoms with Crippen molar-refractivity contribution < 1.29 is 5.11 Å². The van der Waals surface area contributed by atoms with E-state index in [-0.39, 0.29) is 6.61 Å². The Kier molecular flexibility index (Phi) is 3.90. The largest absolute Gasteiger partial charge is 0.390 e. The van der Waals surface area contributed by atoms with Crippen LogP contribution in [0, 0.1) is 0 Å². The van der Waals surface area contributed by atoms with Crippen molar-refractivity contribution >= 4 is 0 Å². The smallest absolute Gasteiger partial charge is 0.109 e. The molecule has 0 spiro atoms. The number of aromatic nitrogens is 3. The molecule has 18 heavy (non-hydrogen) atoms. The normalized spacial score (nSPS) is 10.1. The monoisotopic (exact) mass is 244 g/mol. The van der Waals surface area contributed by atoms with Crippen molar-refractivity contribution in [2.24, 2.45) is 5.11 Å². The molecular formula is C11H12N6O. The molecule has 1 aromatic heterocycles. The summed E-state index contributed by atoms with van der Waals surface area (Å²) in [5.41, 5.74) is 10.7. The Labute approximate surface area is 103 Å². The number of rotatable bonds is 5. The molecule has 0 aliphatic carbocycles. The minimum Gasteiger partial charge on any atom is -0.390 e. The van der Waals surface area contributed by atoms with E-state index in [1.165, 1.54) is 0 Å². The van der Waals surface area contributed by atoms with Crippen LogP contribution in [0.4, 0.5) is 0 Å². The van der Waals surface area contributed by atoms with Crippen molar-refractivity contribution in [2.75, 3.05) is 6.54 Å². The van der Waals surface area contributed by atoms with Crippen LogP contribution in [0.1, 0.15) is 11.3 Å². The molecule has 2 aromatic rings. The molecule has 0 radical (unpaired) electrons. The molecule has 0 saturated heterocycles. The van der Waals surface area contributed by atoms with Crippen molar-refractivity contribution in [3.8, 4) is 5.69 Å². The Balaban J connectivity index is 2.09. The lowest BCUT2D eigenvalue weighted by molar-refractivity contribution is 0.276. The van der Waals surface area contributed by atoms with Crippen LogP contribution in [0.5, 0.6) is 0 Å². The molecule has 0 fully saturated rings. The van der Waals surface area contributed by atoms with Gasteiger partial charge in [-0.15, -0.1) is 5.10 Å². The molecule has 1 N–H and O–H groups in total. The van der Waals surface area contributed by atoms with Crippen molar-refractivity contribution in [3.63, 3.8) is 0 Å². The predicted octanol–water partition coefficient (Wildman–Crippen LogP) is 1.61. The van der Waals surface area contributed by atoms with E-state index in [0.717, 1.165) is 11.3 Å². The first-order chi connectivity index (χ1) is 8.83. The minimum absolute atomic E-state index is 0.121. The summed E-state index contributed by atoms with van der Waals surface area (Å²) in [6.07, 6.45) is 2.39. The highest BCUT2D eigenvalue weighted by molar-refractivity contribution is 5.33. The Bertz CT molecular complexity index is 555. The van der Waals surface area contributed by atoms with Crippen LogP contribution in [0.15, 0.2) is 35.6 Å². The number of aliphatic hydroxyl groups is 1. The number of aliphatic hydroxyl groups excluding tert-OH is 1. The summed E-state index contributed by atoms with van der Waals surface area (Å²) >= 11 is 0. The summed E-state index contributed by atoms with van der Waals surface area (Å²) in [5, 5.41) is 20.1. The first-order valence-corrected chi connectivity index (χ1v) is 5.46. The average Bonchev–Trinajstić information content (AvgIpc) is 2.89. The van der Waals surface area contributed by atoms with Gasteiger partial charge in [-0.1, -0.05) is 22.5 Å². The zero-order valence-electron chi connectivity index (χ0n) is 9.64. The fourth-order valence-corrected chi connectivity index (χ4v) is 1.54. The summed E-state index contributed by atoms with van der Waals surface area (Å²) in [6, 6.07) is 7.70. The van der Waals surface area contributed by atoms with Crippen LogP contribution >= 0.6 is 0 Å². The molecule has 0 aliphatic heterocycles. The summed E-state index contributed by atoms with van der Waals surface area (Å²) < 4.78 is 1.60. The molecule has 0 aliphatic rings.